The Morgan fingerprint density at radius 1 is 1.39 bits per heavy atom. The first-order valence-corrected chi connectivity index (χ1v) is 8.19. The van der Waals surface area contributed by atoms with Gasteiger partial charge >= 0.3 is 0 Å². The minimum Gasteiger partial charge on any atom is -0.469 e. The highest BCUT2D eigenvalue weighted by molar-refractivity contribution is 8.00. The Hall–Kier alpha value is -0.410. The fourth-order valence-corrected chi connectivity index (χ4v) is 2.94. The standard InChI is InChI=1S/C15H27NOS/c1-5-15(6-2,18-4)12-16-13(3)9-10-14-8-7-11-17-14/h7-8,11,13,16H,5-6,9-10,12H2,1-4H3. The molecule has 3 heteroatoms. The second kappa shape index (κ2) is 7.90. The average Bonchev–Trinajstić information content (AvgIpc) is 2.92. The first kappa shape index (κ1) is 15.6. The fraction of sp³-hybridized carbons (Fsp3) is 0.733. The van der Waals surface area contributed by atoms with Crippen molar-refractivity contribution in [1.29, 1.82) is 0 Å². The molecule has 104 valence electrons. The van der Waals surface area contributed by atoms with Crippen molar-refractivity contribution in [2.45, 2.75) is 57.2 Å². The van der Waals surface area contributed by atoms with Crippen molar-refractivity contribution in [3.8, 4) is 0 Å². The second-order valence-electron chi connectivity index (χ2n) is 4.99. The zero-order valence-electron chi connectivity index (χ0n) is 12.2. The van der Waals surface area contributed by atoms with E-state index in [2.05, 4.69) is 38.4 Å². The van der Waals surface area contributed by atoms with Gasteiger partial charge in [0, 0.05) is 23.8 Å². The Bertz CT molecular complexity index is 298. The highest BCUT2D eigenvalue weighted by atomic mass is 32.2. The van der Waals surface area contributed by atoms with E-state index in [1.807, 2.05) is 17.8 Å². The van der Waals surface area contributed by atoms with E-state index in [0.717, 1.165) is 25.1 Å². The summed E-state index contributed by atoms with van der Waals surface area (Å²) in [4.78, 5) is 0. The molecule has 0 aliphatic rings. The first-order chi connectivity index (χ1) is 8.65. The van der Waals surface area contributed by atoms with E-state index in [4.69, 9.17) is 4.42 Å². The van der Waals surface area contributed by atoms with Crippen LogP contribution in [0.1, 0.15) is 45.8 Å². The van der Waals surface area contributed by atoms with Crippen LogP contribution in [0.3, 0.4) is 0 Å². The highest BCUT2D eigenvalue weighted by Crippen LogP contribution is 2.29. The quantitative estimate of drug-likeness (QED) is 0.730. The van der Waals surface area contributed by atoms with Crippen LogP contribution in [-0.2, 0) is 6.42 Å². The van der Waals surface area contributed by atoms with Crippen LogP contribution in [0.2, 0.25) is 0 Å². The normalized spacial score (nSPS) is 13.8. The number of furan rings is 1. The Morgan fingerprint density at radius 2 is 2.11 bits per heavy atom. The van der Waals surface area contributed by atoms with Gasteiger partial charge in [0.2, 0.25) is 0 Å². The van der Waals surface area contributed by atoms with Gasteiger partial charge in [0.15, 0.2) is 0 Å². The van der Waals surface area contributed by atoms with Crippen molar-refractivity contribution in [2.75, 3.05) is 12.8 Å². The number of rotatable bonds is 9. The summed E-state index contributed by atoms with van der Waals surface area (Å²) >= 11 is 1.99. The van der Waals surface area contributed by atoms with Crippen LogP contribution in [0, 0.1) is 0 Å². The third-order valence-electron chi connectivity index (χ3n) is 3.90. The van der Waals surface area contributed by atoms with Crippen molar-refractivity contribution in [3.05, 3.63) is 24.2 Å². The summed E-state index contributed by atoms with van der Waals surface area (Å²) in [6.07, 6.45) is 8.57. The molecule has 0 fully saturated rings. The monoisotopic (exact) mass is 269 g/mol. The number of nitrogens with one attached hydrogen (secondary N) is 1. The van der Waals surface area contributed by atoms with E-state index >= 15 is 0 Å². The zero-order chi connectivity index (χ0) is 13.4. The van der Waals surface area contributed by atoms with Crippen LogP contribution in [-0.4, -0.2) is 23.6 Å². The lowest BCUT2D eigenvalue weighted by molar-refractivity contribution is 0.423. The maximum Gasteiger partial charge on any atom is 0.103 e. The minimum absolute atomic E-state index is 0.402. The highest BCUT2D eigenvalue weighted by Gasteiger charge is 2.24. The van der Waals surface area contributed by atoms with Gasteiger partial charge in [-0.15, -0.1) is 0 Å². The molecule has 1 atom stereocenters. The summed E-state index contributed by atoms with van der Waals surface area (Å²) in [5, 5.41) is 3.68. The Morgan fingerprint density at radius 3 is 2.61 bits per heavy atom. The molecule has 0 radical (unpaired) electrons. The van der Waals surface area contributed by atoms with Crippen LogP contribution in [0.25, 0.3) is 0 Å². The van der Waals surface area contributed by atoms with Gasteiger partial charge in [0.25, 0.3) is 0 Å². The van der Waals surface area contributed by atoms with Crippen LogP contribution >= 0.6 is 11.8 Å². The molecule has 0 aliphatic heterocycles. The Kier molecular flexibility index (Phi) is 6.87. The fourth-order valence-electron chi connectivity index (χ4n) is 2.14. The number of thioether (sulfide) groups is 1. The third-order valence-corrected chi connectivity index (χ3v) is 5.49. The first-order valence-electron chi connectivity index (χ1n) is 6.96. The van der Waals surface area contributed by atoms with E-state index in [-0.39, 0.29) is 0 Å². The lowest BCUT2D eigenvalue weighted by atomic mass is 10.0. The molecule has 0 aliphatic carbocycles. The molecule has 1 aromatic rings. The summed E-state index contributed by atoms with van der Waals surface area (Å²) in [6, 6.07) is 4.55. The van der Waals surface area contributed by atoms with Crippen molar-refractivity contribution >= 4 is 11.8 Å². The van der Waals surface area contributed by atoms with E-state index in [0.29, 0.717) is 10.8 Å². The van der Waals surface area contributed by atoms with E-state index in [1.54, 1.807) is 6.26 Å². The summed E-state index contributed by atoms with van der Waals surface area (Å²) < 4.78 is 5.76. The number of hydrogen-bond donors (Lipinski definition) is 1. The molecule has 0 saturated heterocycles. The lowest BCUT2D eigenvalue weighted by Gasteiger charge is -2.31. The summed E-state index contributed by atoms with van der Waals surface area (Å²) in [7, 11) is 0. The molecule has 1 rings (SSSR count). The van der Waals surface area contributed by atoms with Crippen molar-refractivity contribution in [1.82, 2.24) is 5.32 Å². The smallest absolute Gasteiger partial charge is 0.103 e. The second-order valence-corrected chi connectivity index (χ2v) is 6.27. The predicted molar refractivity (Wildman–Crippen MR) is 81.3 cm³/mol. The van der Waals surface area contributed by atoms with Gasteiger partial charge in [-0.1, -0.05) is 13.8 Å². The molecule has 0 amide bonds. The largest absolute Gasteiger partial charge is 0.469 e. The van der Waals surface area contributed by atoms with Crippen LogP contribution in [0.5, 0.6) is 0 Å². The number of hydrogen-bond acceptors (Lipinski definition) is 3. The average molecular weight is 269 g/mol. The Balaban J connectivity index is 2.29. The van der Waals surface area contributed by atoms with Gasteiger partial charge in [-0.2, -0.15) is 11.8 Å². The summed E-state index contributed by atoms with van der Waals surface area (Å²) in [5.41, 5.74) is 0. The van der Waals surface area contributed by atoms with Gasteiger partial charge in [-0.3, -0.25) is 0 Å². The third kappa shape index (κ3) is 4.69. The van der Waals surface area contributed by atoms with E-state index in [9.17, 15) is 0 Å². The predicted octanol–water partition coefficient (Wildman–Crippen LogP) is 4.11. The molecule has 0 spiro atoms. The maximum atomic E-state index is 5.36. The van der Waals surface area contributed by atoms with Gasteiger partial charge < -0.3 is 9.73 Å². The maximum absolute atomic E-state index is 5.36. The van der Waals surface area contributed by atoms with Crippen LogP contribution in [0.15, 0.2) is 22.8 Å². The SMILES string of the molecule is CCC(CC)(CNC(C)CCc1ccco1)SC. The molecular weight excluding hydrogens is 242 g/mol. The van der Waals surface area contributed by atoms with Crippen LogP contribution in [0.4, 0.5) is 0 Å². The molecule has 0 bridgehead atoms. The summed E-state index contributed by atoms with van der Waals surface area (Å²) in [6.45, 7) is 7.93. The minimum atomic E-state index is 0.402. The molecule has 0 aromatic carbocycles. The van der Waals surface area contributed by atoms with Gasteiger partial charge in [0.1, 0.15) is 5.76 Å². The van der Waals surface area contributed by atoms with Gasteiger partial charge in [-0.05, 0) is 44.6 Å². The van der Waals surface area contributed by atoms with Crippen LogP contribution < -0.4 is 5.32 Å². The molecule has 2 nitrogen and oxygen atoms in total. The molecule has 1 aromatic heterocycles. The van der Waals surface area contributed by atoms with Crippen molar-refractivity contribution in [3.63, 3.8) is 0 Å². The molecular formula is C15H27NOS. The van der Waals surface area contributed by atoms with Crippen molar-refractivity contribution < 1.29 is 4.42 Å². The topological polar surface area (TPSA) is 25.2 Å². The van der Waals surface area contributed by atoms with Gasteiger partial charge in [-0.25, -0.2) is 0 Å². The van der Waals surface area contributed by atoms with E-state index < -0.39 is 0 Å². The van der Waals surface area contributed by atoms with Gasteiger partial charge in [0.05, 0.1) is 6.26 Å². The van der Waals surface area contributed by atoms with Crippen molar-refractivity contribution in [2.24, 2.45) is 0 Å². The zero-order valence-corrected chi connectivity index (χ0v) is 13.0. The number of aryl methyl sites for hydroxylation is 1. The molecule has 18 heavy (non-hydrogen) atoms. The molecule has 0 saturated carbocycles. The molecule has 1 unspecified atom stereocenters. The lowest BCUT2D eigenvalue weighted by Crippen LogP contribution is -2.40. The molecule has 1 heterocycles. The van der Waals surface area contributed by atoms with E-state index in [1.165, 1.54) is 12.8 Å². The summed E-state index contributed by atoms with van der Waals surface area (Å²) in [5.74, 6) is 1.09. The molecule has 1 N–H and O–H groups in total. The Labute approximate surface area is 116 Å².